The number of H-pyrrole nitrogens is 2. The summed E-state index contributed by atoms with van der Waals surface area (Å²) in [6.45, 7) is 2.82. The molecule has 5 N–H and O–H groups in total. The molecule has 0 atom stereocenters. The molecule has 156 valence electrons. The Bertz CT molecular complexity index is 1200. The van der Waals surface area contributed by atoms with Crippen LogP contribution in [0.3, 0.4) is 0 Å². The second-order valence-electron chi connectivity index (χ2n) is 8.60. The number of aromatic amines is 2. The fraction of sp³-hybridized carbons (Fsp3) is 0.391. The summed E-state index contributed by atoms with van der Waals surface area (Å²) in [5.41, 5.74) is 11.9. The Labute approximate surface area is 175 Å². The second kappa shape index (κ2) is 7.41. The molecule has 30 heavy (non-hydrogen) atoms. The van der Waals surface area contributed by atoms with Crippen LogP contribution in [-0.2, 0) is 6.54 Å². The van der Waals surface area contributed by atoms with E-state index in [1.165, 1.54) is 10.9 Å². The van der Waals surface area contributed by atoms with Gasteiger partial charge in [-0.2, -0.15) is 0 Å². The standard InChI is InChI=1S/C23H28N6O/c1-13-25-22-18(11-21(24)28-23(22)26-13)20-10-15-9-14(3-8-19(15)27-20)12-29(2)16-4-6-17(30)7-5-16/h3,8-11,16-17,27,30H,4-7,12H2,1-2H3,(H3,24,25,26,28)/t16-,17+. The van der Waals surface area contributed by atoms with E-state index < -0.39 is 0 Å². The van der Waals surface area contributed by atoms with Crippen LogP contribution in [0, 0.1) is 6.92 Å². The molecule has 5 rings (SSSR count). The minimum atomic E-state index is -0.115. The Morgan fingerprint density at radius 2 is 1.90 bits per heavy atom. The number of imidazole rings is 1. The second-order valence-corrected chi connectivity index (χ2v) is 8.60. The molecule has 1 aromatic carbocycles. The molecule has 1 saturated carbocycles. The number of nitrogen functional groups attached to an aromatic ring is 1. The molecule has 0 aliphatic heterocycles. The molecule has 0 saturated heterocycles. The first-order valence-corrected chi connectivity index (χ1v) is 10.6. The summed E-state index contributed by atoms with van der Waals surface area (Å²) < 4.78 is 0. The number of nitrogens with two attached hydrogens (primary N) is 1. The van der Waals surface area contributed by atoms with Crippen molar-refractivity contribution in [3.8, 4) is 11.3 Å². The number of hydrogen-bond acceptors (Lipinski definition) is 5. The van der Waals surface area contributed by atoms with Gasteiger partial charge in [-0.3, -0.25) is 4.90 Å². The van der Waals surface area contributed by atoms with Crippen LogP contribution in [0.2, 0.25) is 0 Å². The van der Waals surface area contributed by atoms with E-state index in [4.69, 9.17) is 5.73 Å². The van der Waals surface area contributed by atoms with E-state index in [9.17, 15) is 5.11 Å². The van der Waals surface area contributed by atoms with Crippen molar-refractivity contribution in [1.82, 2.24) is 24.8 Å². The highest BCUT2D eigenvalue weighted by Gasteiger charge is 2.22. The maximum absolute atomic E-state index is 9.76. The normalized spacial score (nSPS) is 19.9. The molecule has 7 heteroatoms. The Kier molecular flexibility index (Phi) is 4.72. The van der Waals surface area contributed by atoms with Gasteiger partial charge in [-0.1, -0.05) is 6.07 Å². The van der Waals surface area contributed by atoms with Crippen molar-refractivity contribution >= 4 is 27.9 Å². The van der Waals surface area contributed by atoms with Gasteiger partial charge in [-0.15, -0.1) is 0 Å². The van der Waals surface area contributed by atoms with E-state index in [0.717, 1.165) is 60.3 Å². The van der Waals surface area contributed by atoms with E-state index in [1.807, 2.05) is 13.0 Å². The number of aryl methyl sites for hydroxylation is 1. The minimum Gasteiger partial charge on any atom is -0.393 e. The van der Waals surface area contributed by atoms with Gasteiger partial charge in [0.1, 0.15) is 17.2 Å². The summed E-state index contributed by atoms with van der Waals surface area (Å²) in [4.78, 5) is 18.1. The van der Waals surface area contributed by atoms with E-state index in [1.54, 1.807) is 0 Å². The molecule has 3 heterocycles. The third kappa shape index (κ3) is 3.55. The van der Waals surface area contributed by atoms with Crippen LogP contribution in [0.1, 0.15) is 37.1 Å². The van der Waals surface area contributed by atoms with Gasteiger partial charge >= 0.3 is 0 Å². The van der Waals surface area contributed by atoms with Crippen molar-refractivity contribution in [2.45, 2.75) is 51.3 Å². The van der Waals surface area contributed by atoms with Crippen LogP contribution in [-0.4, -0.2) is 49.1 Å². The Morgan fingerprint density at radius 1 is 1.10 bits per heavy atom. The lowest BCUT2D eigenvalue weighted by Gasteiger charge is -2.33. The number of rotatable bonds is 4. The molecular formula is C23H28N6O. The zero-order chi connectivity index (χ0) is 20.8. The summed E-state index contributed by atoms with van der Waals surface area (Å²) in [5.74, 6) is 1.29. The van der Waals surface area contributed by atoms with Crippen LogP contribution in [0.5, 0.6) is 0 Å². The van der Waals surface area contributed by atoms with Crippen LogP contribution in [0.4, 0.5) is 5.82 Å². The number of aromatic nitrogens is 4. The molecule has 0 bridgehead atoms. The first-order chi connectivity index (χ1) is 14.5. The molecule has 0 spiro atoms. The predicted octanol–water partition coefficient (Wildman–Crippen LogP) is 3.73. The zero-order valence-electron chi connectivity index (χ0n) is 17.4. The van der Waals surface area contributed by atoms with E-state index in [2.05, 4.69) is 56.1 Å². The van der Waals surface area contributed by atoms with Crippen LogP contribution >= 0.6 is 0 Å². The average molecular weight is 405 g/mol. The molecule has 4 aromatic rings. The molecule has 7 nitrogen and oxygen atoms in total. The van der Waals surface area contributed by atoms with E-state index >= 15 is 0 Å². The van der Waals surface area contributed by atoms with Crippen molar-refractivity contribution in [2.75, 3.05) is 12.8 Å². The molecule has 3 aromatic heterocycles. The van der Waals surface area contributed by atoms with Gasteiger partial charge in [0.2, 0.25) is 0 Å². The summed E-state index contributed by atoms with van der Waals surface area (Å²) >= 11 is 0. The van der Waals surface area contributed by atoms with Crippen molar-refractivity contribution < 1.29 is 5.11 Å². The third-order valence-corrected chi connectivity index (χ3v) is 6.29. The Morgan fingerprint density at radius 3 is 2.70 bits per heavy atom. The number of hydrogen-bond donors (Lipinski definition) is 4. The van der Waals surface area contributed by atoms with E-state index in [-0.39, 0.29) is 6.10 Å². The van der Waals surface area contributed by atoms with Gasteiger partial charge in [0, 0.05) is 34.7 Å². The van der Waals surface area contributed by atoms with E-state index in [0.29, 0.717) is 17.5 Å². The maximum atomic E-state index is 9.76. The maximum Gasteiger partial charge on any atom is 0.160 e. The minimum absolute atomic E-state index is 0.115. The lowest BCUT2D eigenvalue weighted by Crippen LogP contribution is -2.35. The zero-order valence-corrected chi connectivity index (χ0v) is 17.4. The number of fused-ring (bicyclic) bond motifs is 2. The van der Waals surface area contributed by atoms with Crippen LogP contribution in [0.25, 0.3) is 33.3 Å². The SMILES string of the molecule is Cc1nc2c(-c3cc4cc(CN(C)[C@H]5CC[C@@H](O)CC5)ccc4[nH]3)cc(N)nc2[nH]1. The first-order valence-electron chi connectivity index (χ1n) is 10.6. The lowest BCUT2D eigenvalue weighted by atomic mass is 9.92. The third-order valence-electron chi connectivity index (χ3n) is 6.29. The number of pyridine rings is 1. The smallest absolute Gasteiger partial charge is 0.160 e. The molecule has 0 unspecified atom stereocenters. The molecule has 0 amide bonds. The molecule has 1 aliphatic carbocycles. The monoisotopic (exact) mass is 404 g/mol. The first kappa shape index (κ1) is 19.1. The van der Waals surface area contributed by atoms with Gasteiger partial charge < -0.3 is 20.8 Å². The van der Waals surface area contributed by atoms with Gasteiger partial charge in [-0.05, 0) is 69.5 Å². The summed E-state index contributed by atoms with van der Waals surface area (Å²) in [6.07, 6.45) is 3.83. The number of nitrogens with zero attached hydrogens (tertiary/aromatic N) is 3. The number of benzene rings is 1. The molecule has 1 aliphatic rings. The van der Waals surface area contributed by atoms with Crippen LogP contribution < -0.4 is 5.73 Å². The predicted molar refractivity (Wildman–Crippen MR) is 120 cm³/mol. The molecular weight excluding hydrogens is 376 g/mol. The highest BCUT2D eigenvalue weighted by atomic mass is 16.3. The summed E-state index contributed by atoms with van der Waals surface area (Å²) in [5, 5.41) is 10.9. The summed E-state index contributed by atoms with van der Waals surface area (Å²) in [7, 11) is 2.19. The highest BCUT2D eigenvalue weighted by Crippen LogP contribution is 2.31. The van der Waals surface area contributed by atoms with Crippen molar-refractivity contribution in [3.05, 3.63) is 41.7 Å². The number of aliphatic hydroxyl groups excluding tert-OH is 1. The topological polar surface area (TPSA) is 107 Å². The number of anilines is 1. The van der Waals surface area contributed by atoms with Gasteiger partial charge in [-0.25, -0.2) is 9.97 Å². The largest absolute Gasteiger partial charge is 0.393 e. The van der Waals surface area contributed by atoms with Crippen molar-refractivity contribution in [3.63, 3.8) is 0 Å². The van der Waals surface area contributed by atoms with Crippen molar-refractivity contribution in [2.24, 2.45) is 0 Å². The molecule has 1 fully saturated rings. The fourth-order valence-electron chi connectivity index (χ4n) is 4.67. The van der Waals surface area contributed by atoms with Crippen LogP contribution in [0.15, 0.2) is 30.3 Å². The highest BCUT2D eigenvalue weighted by molar-refractivity contribution is 5.95. The van der Waals surface area contributed by atoms with Crippen molar-refractivity contribution in [1.29, 1.82) is 0 Å². The number of nitrogens with one attached hydrogen (secondary N) is 2. The Hall–Kier alpha value is -2.90. The lowest BCUT2D eigenvalue weighted by molar-refractivity contribution is 0.0818. The molecule has 0 radical (unpaired) electrons. The quantitative estimate of drug-likeness (QED) is 0.415. The van der Waals surface area contributed by atoms with Gasteiger partial charge in [0.15, 0.2) is 5.65 Å². The van der Waals surface area contributed by atoms with Gasteiger partial charge in [0.25, 0.3) is 0 Å². The number of aliphatic hydroxyl groups is 1. The fourth-order valence-corrected chi connectivity index (χ4v) is 4.67. The summed E-state index contributed by atoms with van der Waals surface area (Å²) in [6, 6.07) is 11.2. The average Bonchev–Trinajstić information content (AvgIpc) is 3.29. The Balaban J connectivity index is 1.43. The van der Waals surface area contributed by atoms with Gasteiger partial charge in [0.05, 0.1) is 6.10 Å².